The number of nitrogens with one attached hydrogen (secondary N) is 2. The predicted molar refractivity (Wildman–Crippen MR) is 127 cm³/mol. The standard InChI is InChI=1S/C27H23FN2O5/c28-24-10-9-16(12-22(24)26(32)33)30-25(31)21-11-15(21)13-29-27(34)35-14-23-19-7-3-1-5-17(19)18-6-2-4-8-20(18)23/h1-10,12,15,21,23H,11,13-14H2,(H,29,34)(H,30,31)(H,32,33)/t15-,21-/m0/s1. The molecule has 0 radical (unpaired) electrons. The van der Waals surface area contributed by atoms with Gasteiger partial charge < -0.3 is 20.5 Å². The fourth-order valence-electron chi connectivity index (χ4n) is 4.66. The number of hydrogen-bond acceptors (Lipinski definition) is 4. The number of fused-ring (bicyclic) bond motifs is 3. The summed E-state index contributed by atoms with van der Waals surface area (Å²) in [5, 5.41) is 14.4. The molecule has 35 heavy (non-hydrogen) atoms. The van der Waals surface area contributed by atoms with Gasteiger partial charge in [-0.3, -0.25) is 4.79 Å². The van der Waals surface area contributed by atoms with Crippen molar-refractivity contribution < 1.29 is 28.6 Å². The molecule has 0 saturated heterocycles. The van der Waals surface area contributed by atoms with Crippen molar-refractivity contribution >= 4 is 23.7 Å². The van der Waals surface area contributed by atoms with Gasteiger partial charge in [0.1, 0.15) is 12.4 Å². The number of carbonyl (C=O) groups is 3. The summed E-state index contributed by atoms with van der Waals surface area (Å²) in [6.45, 7) is 0.503. The number of carboxylic acids is 1. The van der Waals surface area contributed by atoms with E-state index in [1.165, 1.54) is 6.07 Å². The number of carbonyl (C=O) groups excluding carboxylic acids is 2. The van der Waals surface area contributed by atoms with Gasteiger partial charge in [0.15, 0.2) is 0 Å². The second-order valence-corrected chi connectivity index (χ2v) is 8.80. The number of alkyl carbamates (subject to hydrolysis) is 1. The van der Waals surface area contributed by atoms with Gasteiger partial charge in [-0.05, 0) is 52.8 Å². The molecule has 0 unspecified atom stereocenters. The molecule has 0 spiro atoms. The largest absolute Gasteiger partial charge is 0.478 e. The summed E-state index contributed by atoms with van der Waals surface area (Å²) >= 11 is 0. The number of carboxylic acid groups (broad SMARTS) is 1. The Hall–Kier alpha value is -4.20. The lowest BCUT2D eigenvalue weighted by atomic mass is 9.98. The van der Waals surface area contributed by atoms with E-state index in [1.54, 1.807) is 0 Å². The van der Waals surface area contributed by atoms with Crippen LogP contribution in [-0.4, -0.2) is 36.2 Å². The second-order valence-electron chi connectivity index (χ2n) is 8.80. The van der Waals surface area contributed by atoms with Crippen LogP contribution in [0.15, 0.2) is 66.7 Å². The van der Waals surface area contributed by atoms with Crippen molar-refractivity contribution in [3.05, 3.63) is 89.2 Å². The lowest BCUT2D eigenvalue weighted by Crippen LogP contribution is -2.29. The van der Waals surface area contributed by atoms with Gasteiger partial charge >= 0.3 is 12.1 Å². The zero-order valence-electron chi connectivity index (χ0n) is 18.7. The number of halogens is 1. The van der Waals surface area contributed by atoms with Gasteiger partial charge in [0.05, 0.1) is 5.56 Å². The Morgan fingerprint density at radius 3 is 2.29 bits per heavy atom. The maximum Gasteiger partial charge on any atom is 0.407 e. The van der Waals surface area contributed by atoms with Crippen LogP contribution in [0.2, 0.25) is 0 Å². The Morgan fingerprint density at radius 1 is 0.971 bits per heavy atom. The molecule has 0 heterocycles. The predicted octanol–water partition coefficient (Wildman–Crippen LogP) is 4.64. The van der Waals surface area contributed by atoms with E-state index in [2.05, 4.69) is 34.9 Å². The number of hydrogen-bond donors (Lipinski definition) is 3. The highest BCUT2D eigenvalue weighted by Crippen LogP contribution is 2.44. The molecule has 3 aromatic rings. The third-order valence-corrected chi connectivity index (χ3v) is 6.58. The number of anilines is 1. The number of rotatable bonds is 7. The summed E-state index contributed by atoms with van der Waals surface area (Å²) in [5.74, 6) is -2.97. The number of amides is 2. The first kappa shape index (κ1) is 22.6. The molecule has 2 aliphatic carbocycles. The Morgan fingerprint density at radius 2 is 1.63 bits per heavy atom. The van der Waals surface area contributed by atoms with Crippen molar-refractivity contribution in [2.75, 3.05) is 18.5 Å². The average molecular weight is 474 g/mol. The molecule has 0 aromatic heterocycles. The second kappa shape index (κ2) is 9.21. The van der Waals surface area contributed by atoms with Crippen molar-refractivity contribution in [2.45, 2.75) is 12.3 Å². The van der Waals surface area contributed by atoms with Gasteiger partial charge in [-0.25, -0.2) is 14.0 Å². The van der Waals surface area contributed by atoms with E-state index in [0.717, 1.165) is 34.4 Å². The van der Waals surface area contributed by atoms with Crippen LogP contribution in [0.25, 0.3) is 11.1 Å². The van der Waals surface area contributed by atoms with E-state index in [1.807, 2.05) is 24.3 Å². The van der Waals surface area contributed by atoms with Gasteiger partial charge in [-0.2, -0.15) is 0 Å². The highest BCUT2D eigenvalue weighted by atomic mass is 19.1. The molecule has 2 atom stereocenters. The van der Waals surface area contributed by atoms with Crippen molar-refractivity contribution in [3.63, 3.8) is 0 Å². The third-order valence-electron chi connectivity index (χ3n) is 6.58. The summed E-state index contributed by atoms with van der Waals surface area (Å²) in [6.07, 6.45) is 0.0465. The van der Waals surface area contributed by atoms with Crippen molar-refractivity contribution in [2.24, 2.45) is 11.8 Å². The summed E-state index contributed by atoms with van der Waals surface area (Å²) < 4.78 is 19.0. The fourth-order valence-corrected chi connectivity index (χ4v) is 4.66. The number of aromatic carboxylic acids is 1. The van der Waals surface area contributed by atoms with E-state index in [9.17, 15) is 18.8 Å². The van der Waals surface area contributed by atoms with E-state index >= 15 is 0 Å². The van der Waals surface area contributed by atoms with Crippen LogP contribution >= 0.6 is 0 Å². The van der Waals surface area contributed by atoms with Gasteiger partial charge in [-0.15, -0.1) is 0 Å². The quantitative estimate of drug-likeness (QED) is 0.463. The van der Waals surface area contributed by atoms with Crippen molar-refractivity contribution in [1.29, 1.82) is 0 Å². The van der Waals surface area contributed by atoms with E-state index in [0.29, 0.717) is 13.0 Å². The summed E-state index contributed by atoms with van der Waals surface area (Å²) in [7, 11) is 0. The Balaban J connectivity index is 1.11. The topological polar surface area (TPSA) is 105 Å². The van der Waals surface area contributed by atoms with Crippen LogP contribution in [0, 0.1) is 17.7 Å². The van der Waals surface area contributed by atoms with Gasteiger partial charge in [-0.1, -0.05) is 48.5 Å². The van der Waals surface area contributed by atoms with E-state index in [4.69, 9.17) is 9.84 Å². The van der Waals surface area contributed by atoms with Crippen LogP contribution < -0.4 is 10.6 Å². The molecule has 5 rings (SSSR count). The van der Waals surface area contributed by atoms with Crippen LogP contribution in [0.5, 0.6) is 0 Å². The molecule has 3 aromatic carbocycles. The third kappa shape index (κ3) is 4.59. The molecule has 0 bridgehead atoms. The summed E-state index contributed by atoms with van der Waals surface area (Å²) in [5.41, 5.74) is 4.27. The highest BCUT2D eigenvalue weighted by molar-refractivity contribution is 5.96. The maximum absolute atomic E-state index is 13.5. The maximum atomic E-state index is 13.5. The Labute approximate surface area is 200 Å². The molecule has 3 N–H and O–H groups in total. The fraction of sp³-hybridized carbons (Fsp3) is 0.222. The van der Waals surface area contributed by atoms with Crippen LogP contribution in [0.1, 0.15) is 33.8 Å². The molecule has 8 heteroatoms. The average Bonchev–Trinajstić information content (AvgIpc) is 3.57. The van der Waals surface area contributed by atoms with Crippen LogP contribution in [0.3, 0.4) is 0 Å². The summed E-state index contributed by atoms with van der Waals surface area (Å²) in [4.78, 5) is 35.8. The van der Waals surface area contributed by atoms with Gasteiger partial charge in [0, 0.05) is 24.1 Å². The van der Waals surface area contributed by atoms with Crippen LogP contribution in [0.4, 0.5) is 14.9 Å². The molecule has 1 saturated carbocycles. The Kier molecular flexibility index (Phi) is 5.94. The smallest absolute Gasteiger partial charge is 0.407 e. The SMILES string of the molecule is O=C(NC[C@@H]1C[C@@H]1C(=O)Nc1ccc(F)c(C(=O)O)c1)OCC1c2ccccc2-c2ccccc21. The minimum Gasteiger partial charge on any atom is -0.478 e. The molecular formula is C27H23FN2O5. The zero-order chi connectivity index (χ0) is 24.5. The van der Waals surface area contributed by atoms with E-state index in [-0.39, 0.29) is 36.0 Å². The molecule has 1 fully saturated rings. The van der Waals surface area contributed by atoms with Crippen molar-refractivity contribution in [1.82, 2.24) is 5.32 Å². The highest BCUT2D eigenvalue weighted by Gasteiger charge is 2.43. The van der Waals surface area contributed by atoms with Gasteiger partial charge in [0.25, 0.3) is 0 Å². The molecule has 178 valence electrons. The molecule has 2 amide bonds. The molecule has 7 nitrogen and oxygen atoms in total. The molecular weight excluding hydrogens is 451 g/mol. The normalized spacial score (nSPS) is 17.7. The molecule has 0 aliphatic heterocycles. The Bertz CT molecular complexity index is 1280. The first-order valence-corrected chi connectivity index (χ1v) is 11.3. The minimum atomic E-state index is -1.41. The minimum absolute atomic E-state index is 0.0287. The lowest BCUT2D eigenvalue weighted by molar-refractivity contribution is -0.117. The number of benzene rings is 3. The number of ether oxygens (including phenoxy) is 1. The lowest BCUT2D eigenvalue weighted by Gasteiger charge is -2.14. The molecule has 2 aliphatic rings. The first-order chi connectivity index (χ1) is 16.9. The monoisotopic (exact) mass is 474 g/mol. The van der Waals surface area contributed by atoms with Gasteiger partial charge in [0.2, 0.25) is 5.91 Å². The van der Waals surface area contributed by atoms with Crippen molar-refractivity contribution in [3.8, 4) is 11.1 Å². The van der Waals surface area contributed by atoms with E-state index < -0.39 is 23.4 Å². The first-order valence-electron chi connectivity index (χ1n) is 11.3. The summed E-state index contributed by atoms with van der Waals surface area (Å²) in [6, 6.07) is 19.6. The zero-order valence-corrected chi connectivity index (χ0v) is 18.7. The van der Waals surface area contributed by atoms with Crippen LogP contribution in [-0.2, 0) is 9.53 Å².